The highest BCUT2D eigenvalue weighted by molar-refractivity contribution is 9.10. The van der Waals surface area contributed by atoms with Gasteiger partial charge >= 0.3 is 0 Å². The molecule has 0 fully saturated rings. The van der Waals surface area contributed by atoms with Crippen LogP contribution in [0.15, 0.2) is 30.8 Å². The molecule has 3 heteroatoms. The van der Waals surface area contributed by atoms with Crippen LogP contribution in [0.1, 0.15) is 37.8 Å². The van der Waals surface area contributed by atoms with E-state index in [-0.39, 0.29) is 0 Å². The monoisotopic (exact) mass is 312 g/mol. The Morgan fingerprint density at radius 2 is 1.89 bits per heavy atom. The molecule has 1 aromatic rings. The molecule has 1 aromatic carbocycles. The van der Waals surface area contributed by atoms with Crippen LogP contribution >= 0.6 is 15.9 Å². The first-order valence-electron chi connectivity index (χ1n) is 6.22. The van der Waals surface area contributed by atoms with Crippen LogP contribution < -0.4 is 0 Å². The molecule has 0 saturated heterocycles. The maximum absolute atomic E-state index is 5.12. The topological polar surface area (TPSA) is 18.5 Å². The van der Waals surface area contributed by atoms with Gasteiger partial charge in [-0.2, -0.15) is 0 Å². The van der Waals surface area contributed by atoms with Crippen molar-refractivity contribution in [3.05, 3.63) is 42.0 Å². The Hall–Kier alpha value is -0.640. The third-order valence-electron chi connectivity index (χ3n) is 2.42. The van der Waals surface area contributed by atoms with Gasteiger partial charge in [-0.3, -0.25) is 0 Å². The van der Waals surface area contributed by atoms with Crippen LogP contribution in [0, 0.1) is 0 Å². The number of hydrogen-bond acceptors (Lipinski definition) is 2. The number of rotatable bonds is 8. The molecule has 0 aliphatic carbocycles. The van der Waals surface area contributed by atoms with E-state index in [1.807, 2.05) is 19.9 Å². The minimum Gasteiger partial charge on any atom is -0.235 e. The van der Waals surface area contributed by atoms with Crippen molar-refractivity contribution in [2.24, 2.45) is 0 Å². The van der Waals surface area contributed by atoms with E-state index < -0.39 is 4.51 Å². The van der Waals surface area contributed by atoms with Crippen molar-refractivity contribution in [3.63, 3.8) is 0 Å². The van der Waals surface area contributed by atoms with E-state index in [4.69, 9.17) is 9.78 Å². The predicted molar refractivity (Wildman–Crippen MR) is 79.5 cm³/mol. The van der Waals surface area contributed by atoms with Crippen LogP contribution in [0.3, 0.4) is 0 Å². The molecule has 0 aliphatic heterocycles. The Morgan fingerprint density at radius 3 is 2.44 bits per heavy atom. The highest BCUT2D eigenvalue weighted by Crippen LogP contribution is 2.17. The lowest BCUT2D eigenvalue weighted by atomic mass is 10.1. The average Bonchev–Trinajstić information content (AvgIpc) is 2.33. The fourth-order valence-electron chi connectivity index (χ4n) is 1.49. The molecule has 0 aliphatic rings. The maximum Gasteiger partial charge on any atom is 0.152 e. The molecule has 0 unspecified atom stereocenters. The molecular formula is C15H21BrO2. The summed E-state index contributed by atoms with van der Waals surface area (Å²) in [6.07, 6.45) is 5.02. The zero-order valence-corrected chi connectivity index (χ0v) is 12.7. The molecule has 0 amide bonds. The maximum atomic E-state index is 5.12. The molecule has 0 bridgehead atoms. The van der Waals surface area contributed by atoms with Crippen LogP contribution in [-0.2, 0) is 16.2 Å². The van der Waals surface area contributed by atoms with Crippen LogP contribution in [0.2, 0.25) is 0 Å². The molecule has 0 heterocycles. The van der Waals surface area contributed by atoms with Gasteiger partial charge in [-0.15, -0.1) is 0 Å². The molecular weight excluding hydrogens is 292 g/mol. The first kappa shape index (κ1) is 15.4. The molecule has 1 rings (SSSR count). The summed E-state index contributed by atoms with van der Waals surface area (Å²) in [6, 6.07) is 8.48. The lowest BCUT2D eigenvalue weighted by Crippen LogP contribution is -2.15. The molecule has 0 atom stereocenters. The van der Waals surface area contributed by atoms with E-state index in [9.17, 15) is 0 Å². The SMILES string of the molecule is C=Cc1ccc(CCCCOOC(C)(C)Br)cc1. The number of halogens is 1. The van der Waals surface area contributed by atoms with Crippen molar-refractivity contribution in [1.29, 1.82) is 0 Å². The Balaban J connectivity index is 2.12. The van der Waals surface area contributed by atoms with E-state index in [1.165, 1.54) is 5.56 Å². The van der Waals surface area contributed by atoms with Gasteiger partial charge in [-0.1, -0.05) is 52.9 Å². The van der Waals surface area contributed by atoms with Gasteiger partial charge in [0.1, 0.15) is 0 Å². The van der Waals surface area contributed by atoms with Gasteiger partial charge < -0.3 is 0 Å². The normalized spacial score (nSPS) is 11.5. The lowest BCUT2D eigenvalue weighted by molar-refractivity contribution is -0.325. The first-order chi connectivity index (χ1) is 8.51. The summed E-state index contributed by atoms with van der Waals surface area (Å²) >= 11 is 3.34. The minimum absolute atomic E-state index is 0.409. The smallest absolute Gasteiger partial charge is 0.152 e. The number of hydrogen-bond donors (Lipinski definition) is 0. The first-order valence-corrected chi connectivity index (χ1v) is 7.01. The summed E-state index contributed by atoms with van der Waals surface area (Å²) in [5.74, 6) is 0. The van der Waals surface area contributed by atoms with E-state index in [2.05, 4.69) is 46.8 Å². The third kappa shape index (κ3) is 6.94. The molecule has 0 spiro atoms. The van der Waals surface area contributed by atoms with E-state index >= 15 is 0 Å². The van der Waals surface area contributed by atoms with Crippen LogP contribution in [0.25, 0.3) is 6.08 Å². The Kier molecular flexibility index (Phi) is 6.61. The highest BCUT2D eigenvalue weighted by Gasteiger charge is 2.13. The minimum atomic E-state index is -0.409. The molecule has 100 valence electrons. The van der Waals surface area contributed by atoms with Gasteiger partial charge in [-0.05, 0) is 44.2 Å². The second-order valence-electron chi connectivity index (χ2n) is 4.67. The van der Waals surface area contributed by atoms with Crippen molar-refractivity contribution in [2.45, 2.75) is 37.6 Å². The summed E-state index contributed by atoms with van der Waals surface area (Å²) in [7, 11) is 0. The number of unbranched alkanes of at least 4 members (excludes halogenated alkanes) is 1. The second-order valence-corrected chi connectivity index (χ2v) is 6.58. The summed E-state index contributed by atoms with van der Waals surface area (Å²) in [6.45, 7) is 8.16. The highest BCUT2D eigenvalue weighted by atomic mass is 79.9. The molecule has 0 radical (unpaired) electrons. The second kappa shape index (κ2) is 7.72. The van der Waals surface area contributed by atoms with Gasteiger partial charge in [0.25, 0.3) is 0 Å². The third-order valence-corrected chi connectivity index (χ3v) is 2.55. The summed E-state index contributed by atoms with van der Waals surface area (Å²) in [4.78, 5) is 10.2. The molecule has 0 saturated carbocycles. The Morgan fingerprint density at radius 1 is 1.22 bits per heavy atom. The quantitative estimate of drug-likeness (QED) is 0.299. The number of alkyl halides is 1. The van der Waals surface area contributed by atoms with Crippen molar-refractivity contribution in [2.75, 3.05) is 6.61 Å². The van der Waals surface area contributed by atoms with Gasteiger partial charge in [-0.25, -0.2) is 9.78 Å². The Labute approximate surface area is 118 Å². The average molecular weight is 313 g/mol. The van der Waals surface area contributed by atoms with E-state index in [0.717, 1.165) is 24.8 Å². The zero-order valence-electron chi connectivity index (χ0n) is 11.1. The molecule has 0 aromatic heterocycles. The van der Waals surface area contributed by atoms with Crippen molar-refractivity contribution in [1.82, 2.24) is 0 Å². The summed E-state index contributed by atoms with van der Waals surface area (Å²) < 4.78 is -0.409. The van der Waals surface area contributed by atoms with Gasteiger partial charge in [0.15, 0.2) is 4.51 Å². The van der Waals surface area contributed by atoms with Crippen molar-refractivity contribution >= 4 is 22.0 Å². The lowest BCUT2D eigenvalue weighted by Gasteiger charge is -2.15. The number of benzene rings is 1. The van der Waals surface area contributed by atoms with E-state index in [1.54, 1.807) is 0 Å². The van der Waals surface area contributed by atoms with Crippen LogP contribution in [0.5, 0.6) is 0 Å². The zero-order chi connectivity index (χ0) is 13.4. The van der Waals surface area contributed by atoms with E-state index in [0.29, 0.717) is 6.61 Å². The standard InChI is InChI=1S/C15H21BrO2/c1-4-13-8-10-14(11-9-13)7-5-6-12-17-18-15(2,3)16/h4,8-11H,1,5-7,12H2,2-3H3. The van der Waals surface area contributed by atoms with Crippen molar-refractivity contribution in [3.8, 4) is 0 Å². The van der Waals surface area contributed by atoms with Crippen molar-refractivity contribution < 1.29 is 9.78 Å². The number of aryl methyl sites for hydroxylation is 1. The largest absolute Gasteiger partial charge is 0.235 e. The predicted octanol–water partition coefficient (Wildman–Crippen LogP) is 4.73. The van der Waals surface area contributed by atoms with Crippen LogP contribution in [0.4, 0.5) is 0 Å². The summed E-state index contributed by atoms with van der Waals surface area (Å²) in [5.41, 5.74) is 2.51. The van der Waals surface area contributed by atoms with Gasteiger partial charge in [0, 0.05) is 0 Å². The Bertz CT molecular complexity index is 352. The molecule has 18 heavy (non-hydrogen) atoms. The fraction of sp³-hybridized carbons (Fsp3) is 0.467. The summed E-state index contributed by atoms with van der Waals surface area (Å²) in [5, 5.41) is 0. The fourth-order valence-corrected chi connectivity index (χ4v) is 1.59. The van der Waals surface area contributed by atoms with Crippen LogP contribution in [-0.4, -0.2) is 11.1 Å². The molecule has 0 N–H and O–H groups in total. The van der Waals surface area contributed by atoms with Gasteiger partial charge in [0.2, 0.25) is 0 Å². The molecule has 2 nitrogen and oxygen atoms in total. The van der Waals surface area contributed by atoms with Gasteiger partial charge in [0.05, 0.1) is 6.61 Å².